The molecule has 2 aromatic rings. The SMILES string of the molecule is CC(C)(C)OC(=O)CC1CCN(c2ccc(S(=O)(=O)Nc3ncns3)cc2)CC1. The molecule has 3 rings (SSSR count). The average molecular weight is 439 g/mol. The molecule has 0 atom stereocenters. The van der Waals surface area contributed by atoms with Crippen LogP contribution in [-0.4, -0.2) is 42.4 Å². The second-order valence-electron chi connectivity index (χ2n) is 8.07. The first-order valence-electron chi connectivity index (χ1n) is 9.49. The highest BCUT2D eigenvalue weighted by Gasteiger charge is 2.25. The van der Waals surface area contributed by atoms with Gasteiger partial charge in [-0.05, 0) is 63.8 Å². The van der Waals surface area contributed by atoms with Gasteiger partial charge < -0.3 is 9.64 Å². The summed E-state index contributed by atoms with van der Waals surface area (Å²) in [4.78, 5) is 18.2. The van der Waals surface area contributed by atoms with E-state index >= 15 is 0 Å². The minimum atomic E-state index is -3.68. The van der Waals surface area contributed by atoms with Gasteiger partial charge in [-0.1, -0.05) is 0 Å². The number of carbonyl (C=O) groups is 1. The molecule has 0 spiro atoms. The highest BCUT2D eigenvalue weighted by Crippen LogP contribution is 2.27. The summed E-state index contributed by atoms with van der Waals surface area (Å²) in [5, 5.41) is 0.237. The number of rotatable bonds is 6. The van der Waals surface area contributed by atoms with Crippen molar-refractivity contribution < 1.29 is 17.9 Å². The number of anilines is 2. The van der Waals surface area contributed by atoms with Crippen LogP contribution in [-0.2, 0) is 19.6 Å². The molecule has 1 saturated heterocycles. The number of esters is 1. The smallest absolute Gasteiger partial charge is 0.306 e. The van der Waals surface area contributed by atoms with E-state index in [-0.39, 0.29) is 16.0 Å². The Labute approximate surface area is 175 Å². The lowest BCUT2D eigenvalue weighted by molar-refractivity contribution is -0.156. The molecule has 0 aliphatic carbocycles. The first-order chi connectivity index (χ1) is 13.6. The van der Waals surface area contributed by atoms with Crippen LogP contribution in [0.3, 0.4) is 0 Å². The molecule has 1 aromatic carbocycles. The Balaban J connectivity index is 1.54. The predicted molar refractivity (Wildman–Crippen MR) is 113 cm³/mol. The number of nitrogens with zero attached hydrogens (tertiary/aromatic N) is 3. The molecule has 29 heavy (non-hydrogen) atoms. The second-order valence-corrected chi connectivity index (χ2v) is 10.5. The van der Waals surface area contributed by atoms with Crippen LogP contribution in [0, 0.1) is 5.92 Å². The Morgan fingerprint density at radius 2 is 1.90 bits per heavy atom. The molecule has 1 aliphatic heterocycles. The molecule has 1 aliphatic rings. The summed E-state index contributed by atoms with van der Waals surface area (Å²) in [5.41, 5.74) is 0.515. The van der Waals surface area contributed by atoms with Crippen LogP contribution >= 0.6 is 11.5 Å². The van der Waals surface area contributed by atoms with Crippen molar-refractivity contribution in [2.75, 3.05) is 22.7 Å². The van der Waals surface area contributed by atoms with Gasteiger partial charge in [0.25, 0.3) is 10.0 Å². The van der Waals surface area contributed by atoms with Crippen LogP contribution in [0.4, 0.5) is 10.8 Å². The van der Waals surface area contributed by atoms with Crippen LogP contribution in [0.2, 0.25) is 0 Å². The molecule has 0 amide bonds. The molecule has 158 valence electrons. The quantitative estimate of drug-likeness (QED) is 0.691. The van der Waals surface area contributed by atoms with E-state index in [1.807, 2.05) is 32.9 Å². The zero-order chi connectivity index (χ0) is 21.1. The van der Waals surface area contributed by atoms with Crippen molar-refractivity contribution in [2.45, 2.75) is 50.5 Å². The number of carbonyl (C=O) groups excluding carboxylic acids is 1. The molecule has 0 bridgehead atoms. The summed E-state index contributed by atoms with van der Waals surface area (Å²) in [5.74, 6) is 0.172. The standard InChI is InChI=1S/C19H26N4O4S2/c1-19(2,3)27-17(24)12-14-8-10-23(11-9-14)15-4-6-16(7-5-15)29(25,26)22-18-20-13-21-28-18/h4-7,13-14H,8-12H2,1-3H3,(H,20,21,22). The molecular weight excluding hydrogens is 412 g/mol. The average Bonchev–Trinajstić information content (AvgIpc) is 3.13. The van der Waals surface area contributed by atoms with Gasteiger partial charge in [-0.25, -0.2) is 13.4 Å². The van der Waals surface area contributed by atoms with Crippen molar-refractivity contribution >= 4 is 38.3 Å². The van der Waals surface area contributed by atoms with Gasteiger partial charge in [0, 0.05) is 36.7 Å². The van der Waals surface area contributed by atoms with Gasteiger partial charge in [0.05, 0.1) is 4.90 Å². The molecule has 1 N–H and O–H groups in total. The third-order valence-corrected chi connectivity index (χ3v) is 6.65. The molecule has 1 aromatic heterocycles. The van der Waals surface area contributed by atoms with Crippen LogP contribution in [0.15, 0.2) is 35.5 Å². The minimum Gasteiger partial charge on any atom is -0.460 e. The minimum absolute atomic E-state index is 0.145. The summed E-state index contributed by atoms with van der Waals surface area (Å²) in [7, 11) is -3.68. The normalized spacial score (nSPS) is 15.9. The number of sulfonamides is 1. The van der Waals surface area contributed by atoms with Gasteiger partial charge in [-0.2, -0.15) is 4.37 Å². The topological polar surface area (TPSA) is 101 Å². The van der Waals surface area contributed by atoms with E-state index < -0.39 is 15.6 Å². The lowest BCUT2D eigenvalue weighted by Crippen LogP contribution is -2.35. The molecule has 8 nitrogen and oxygen atoms in total. The highest BCUT2D eigenvalue weighted by atomic mass is 32.2. The van der Waals surface area contributed by atoms with Gasteiger partial charge in [0.1, 0.15) is 11.9 Å². The Bertz CT molecular complexity index is 914. The largest absolute Gasteiger partial charge is 0.460 e. The maximum atomic E-state index is 12.4. The van der Waals surface area contributed by atoms with Crippen molar-refractivity contribution in [2.24, 2.45) is 5.92 Å². The fourth-order valence-corrected chi connectivity index (χ4v) is 4.90. The van der Waals surface area contributed by atoms with E-state index in [1.165, 1.54) is 6.33 Å². The molecular formula is C19H26N4O4S2. The van der Waals surface area contributed by atoms with E-state index in [0.717, 1.165) is 43.2 Å². The van der Waals surface area contributed by atoms with E-state index in [1.54, 1.807) is 12.1 Å². The molecule has 2 heterocycles. The summed E-state index contributed by atoms with van der Waals surface area (Å²) in [6.45, 7) is 7.27. The summed E-state index contributed by atoms with van der Waals surface area (Å²) >= 11 is 0.985. The first-order valence-corrected chi connectivity index (χ1v) is 11.7. The summed E-state index contributed by atoms with van der Waals surface area (Å²) in [6.07, 6.45) is 3.55. The Morgan fingerprint density at radius 3 is 2.45 bits per heavy atom. The predicted octanol–water partition coefficient (Wildman–Crippen LogP) is 3.29. The van der Waals surface area contributed by atoms with E-state index in [9.17, 15) is 13.2 Å². The highest BCUT2D eigenvalue weighted by molar-refractivity contribution is 7.93. The molecule has 10 heteroatoms. The number of hydrogen-bond acceptors (Lipinski definition) is 8. The fraction of sp³-hybridized carbons (Fsp3) is 0.526. The molecule has 0 radical (unpaired) electrons. The number of hydrogen-bond donors (Lipinski definition) is 1. The monoisotopic (exact) mass is 438 g/mol. The molecule has 0 unspecified atom stereocenters. The lowest BCUT2D eigenvalue weighted by atomic mass is 9.93. The fourth-order valence-electron chi connectivity index (χ4n) is 3.24. The van der Waals surface area contributed by atoms with Gasteiger partial charge in [0.15, 0.2) is 0 Å². The Hall–Kier alpha value is -2.20. The first kappa shape index (κ1) is 21.5. The van der Waals surface area contributed by atoms with Crippen molar-refractivity contribution in [3.05, 3.63) is 30.6 Å². The maximum Gasteiger partial charge on any atom is 0.306 e. The van der Waals surface area contributed by atoms with Crippen molar-refractivity contribution in [3.8, 4) is 0 Å². The maximum absolute atomic E-state index is 12.4. The molecule has 0 saturated carbocycles. The lowest BCUT2D eigenvalue weighted by Gasteiger charge is -2.33. The number of piperidine rings is 1. The molecule has 1 fully saturated rings. The van der Waals surface area contributed by atoms with Gasteiger partial charge in [-0.15, -0.1) is 0 Å². The van der Waals surface area contributed by atoms with Crippen LogP contribution in [0.25, 0.3) is 0 Å². The van der Waals surface area contributed by atoms with Gasteiger partial charge in [-0.3, -0.25) is 9.52 Å². The van der Waals surface area contributed by atoms with Crippen molar-refractivity contribution in [3.63, 3.8) is 0 Å². The zero-order valence-electron chi connectivity index (χ0n) is 16.8. The van der Waals surface area contributed by atoms with Gasteiger partial charge >= 0.3 is 5.97 Å². The Morgan fingerprint density at radius 1 is 1.24 bits per heavy atom. The number of nitrogens with one attached hydrogen (secondary N) is 1. The van der Waals surface area contributed by atoms with Crippen molar-refractivity contribution in [1.82, 2.24) is 9.36 Å². The zero-order valence-corrected chi connectivity index (χ0v) is 18.4. The van der Waals surface area contributed by atoms with Crippen LogP contribution in [0.5, 0.6) is 0 Å². The third kappa shape index (κ3) is 6.14. The number of ether oxygens (including phenoxy) is 1. The summed E-state index contributed by atoms with van der Waals surface area (Å²) in [6, 6.07) is 6.79. The third-order valence-electron chi connectivity index (χ3n) is 4.59. The van der Waals surface area contributed by atoms with Crippen LogP contribution in [0.1, 0.15) is 40.0 Å². The number of aromatic nitrogens is 2. The Kier molecular flexibility index (Phi) is 6.42. The van der Waals surface area contributed by atoms with E-state index in [4.69, 9.17) is 4.74 Å². The van der Waals surface area contributed by atoms with Crippen molar-refractivity contribution in [1.29, 1.82) is 0 Å². The summed E-state index contributed by atoms with van der Waals surface area (Å²) < 4.78 is 36.4. The van der Waals surface area contributed by atoms with Gasteiger partial charge in [0.2, 0.25) is 5.13 Å². The van der Waals surface area contributed by atoms with E-state index in [0.29, 0.717) is 12.3 Å². The van der Waals surface area contributed by atoms with E-state index in [2.05, 4.69) is 19.0 Å². The van der Waals surface area contributed by atoms with Crippen LogP contribution < -0.4 is 9.62 Å². The second kappa shape index (κ2) is 8.66. The number of benzene rings is 1.